The lowest BCUT2D eigenvalue weighted by Gasteiger charge is -2.12. The average Bonchev–Trinajstić information content (AvgIpc) is 2.79. The van der Waals surface area contributed by atoms with Gasteiger partial charge < -0.3 is 5.32 Å². The topological polar surface area (TPSA) is 42.7 Å². The van der Waals surface area contributed by atoms with Crippen LogP contribution in [-0.4, -0.2) is 14.8 Å². The monoisotopic (exact) mass is 336 g/mol. The van der Waals surface area contributed by atoms with E-state index in [1.54, 1.807) is 6.33 Å². The van der Waals surface area contributed by atoms with E-state index < -0.39 is 0 Å². The summed E-state index contributed by atoms with van der Waals surface area (Å²) in [5.74, 6) is 1.53. The van der Waals surface area contributed by atoms with Gasteiger partial charge in [-0.2, -0.15) is 5.10 Å². The smallest absolute Gasteiger partial charge is 0.146 e. The molecular formula is C15H21BrN4. The van der Waals surface area contributed by atoms with Crippen molar-refractivity contribution in [2.24, 2.45) is 5.92 Å². The number of halogens is 1. The zero-order valence-corrected chi connectivity index (χ0v) is 14.0. The first kappa shape index (κ1) is 15.0. The summed E-state index contributed by atoms with van der Waals surface area (Å²) in [7, 11) is 0. The number of aromatic nitrogens is 3. The van der Waals surface area contributed by atoms with Crippen molar-refractivity contribution in [3.05, 3.63) is 39.9 Å². The van der Waals surface area contributed by atoms with Gasteiger partial charge in [-0.25, -0.2) is 9.67 Å². The van der Waals surface area contributed by atoms with E-state index in [0.717, 1.165) is 18.1 Å². The van der Waals surface area contributed by atoms with Gasteiger partial charge in [-0.15, -0.1) is 0 Å². The Morgan fingerprint density at radius 3 is 2.50 bits per heavy atom. The molecule has 0 saturated carbocycles. The van der Waals surface area contributed by atoms with Gasteiger partial charge in [0.2, 0.25) is 0 Å². The first-order valence-electron chi connectivity index (χ1n) is 6.84. The van der Waals surface area contributed by atoms with Crippen LogP contribution in [0.3, 0.4) is 0 Å². The molecule has 0 amide bonds. The Balaban J connectivity index is 2.07. The summed E-state index contributed by atoms with van der Waals surface area (Å²) in [6, 6.07) is 4.28. The zero-order chi connectivity index (χ0) is 14.7. The van der Waals surface area contributed by atoms with Crippen LogP contribution in [0.2, 0.25) is 0 Å². The van der Waals surface area contributed by atoms with Crippen molar-refractivity contribution in [2.45, 2.75) is 40.8 Å². The van der Waals surface area contributed by atoms with Gasteiger partial charge in [0.25, 0.3) is 0 Å². The number of anilines is 1. The maximum atomic E-state index is 4.33. The highest BCUT2D eigenvalue weighted by Crippen LogP contribution is 2.25. The third kappa shape index (κ3) is 3.60. The number of hydrogen-bond donors (Lipinski definition) is 1. The first-order chi connectivity index (χ1) is 9.47. The van der Waals surface area contributed by atoms with Crippen molar-refractivity contribution in [1.82, 2.24) is 14.8 Å². The fraction of sp³-hybridized carbons (Fsp3) is 0.467. The van der Waals surface area contributed by atoms with E-state index in [-0.39, 0.29) is 0 Å². The molecular weight excluding hydrogens is 316 g/mol. The molecule has 1 heterocycles. The van der Waals surface area contributed by atoms with Gasteiger partial charge >= 0.3 is 0 Å². The maximum Gasteiger partial charge on any atom is 0.146 e. The van der Waals surface area contributed by atoms with Gasteiger partial charge in [0.1, 0.15) is 12.2 Å². The molecule has 0 fully saturated rings. The Labute approximate surface area is 128 Å². The first-order valence-corrected chi connectivity index (χ1v) is 7.64. The lowest BCUT2D eigenvalue weighted by atomic mass is 10.1. The molecule has 0 atom stereocenters. The third-order valence-electron chi connectivity index (χ3n) is 3.12. The van der Waals surface area contributed by atoms with E-state index in [1.165, 1.54) is 15.6 Å². The summed E-state index contributed by atoms with van der Waals surface area (Å²) in [6.07, 6.45) is 1.62. The van der Waals surface area contributed by atoms with E-state index in [2.05, 4.69) is 71.2 Å². The van der Waals surface area contributed by atoms with Crippen LogP contribution < -0.4 is 5.32 Å². The number of nitrogens with zero attached hydrogens (tertiary/aromatic N) is 3. The normalized spacial score (nSPS) is 11.1. The number of rotatable bonds is 5. The van der Waals surface area contributed by atoms with Gasteiger partial charge in [-0.3, -0.25) is 0 Å². The molecule has 0 aliphatic carbocycles. The minimum Gasteiger partial charge on any atom is -0.378 e. The molecule has 0 aliphatic heterocycles. The van der Waals surface area contributed by atoms with E-state index in [0.29, 0.717) is 12.5 Å². The fourth-order valence-corrected chi connectivity index (χ4v) is 2.38. The molecule has 1 N–H and O–H groups in total. The standard InChI is InChI=1S/C15H21BrN4/c1-10(2)8-20-14(18-9-19-20)7-17-13-5-11(3)15(16)12(4)6-13/h5-6,9-10,17H,7-8H2,1-4H3. The van der Waals surface area contributed by atoms with Gasteiger partial charge in [0.15, 0.2) is 0 Å². The second kappa shape index (κ2) is 6.39. The van der Waals surface area contributed by atoms with Crippen LogP contribution in [0.1, 0.15) is 30.8 Å². The van der Waals surface area contributed by atoms with Crippen molar-refractivity contribution < 1.29 is 0 Å². The average molecular weight is 337 g/mol. The van der Waals surface area contributed by atoms with Gasteiger partial charge in [0, 0.05) is 16.7 Å². The summed E-state index contributed by atoms with van der Waals surface area (Å²) in [6.45, 7) is 10.1. The number of nitrogens with one attached hydrogen (secondary N) is 1. The van der Waals surface area contributed by atoms with Crippen molar-refractivity contribution in [1.29, 1.82) is 0 Å². The molecule has 0 spiro atoms. The summed E-state index contributed by atoms with van der Waals surface area (Å²) >= 11 is 3.59. The molecule has 2 rings (SSSR count). The molecule has 0 radical (unpaired) electrons. The van der Waals surface area contributed by atoms with Gasteiger partial charge in [-0.05, 0) is 43.0 Å². The van der Waals surface area contributed by atoms with E-state index in [1.807, 2.05) is 4.68 Å². The largest absolute Gasteiger partial charge is 0.378 e. The fourth-order valence-electron chi connectivity index (χ4n) is 2.15. The lowest BCUT2D eigenvalue weighted by molar-refractivity contribution is 0.468. The molecule has 0 aliphatic rings. The minimum atomic E-state index is 0.563. The van der Waals surface area contributed by atoms with E-state index in [9.17, 15) is 0 Å². The highest BCUT2D eigenvalue weighted by atomic mass is 79.9. The Bertz CT molecular complexity index is 566. The van der Waals surface area contributed by atoms with Gasteiger partial charge in [-0.1, -0.05) is 29.8 Å². The second-order valence-electron chi connectivity index (χ2n) is 5.53. The highest BCUT2D eigenvalue weighted by Gasteiger charge is 2.07. The predicted octanol–water partition coefficient (Wildman–Crippen LogP) is 3.93. The van der Waals surface area contributed by atoms with Crippen LogP contribution in [0.5, 0.6) is 0 Å². The Kier molecular flexibility index (Phi) is 4.81. The summed E-state index contributed by atoms with van der Waals surface area (Å²) in [5, 5.41) is 7.70. The third-order valence-corrected chi connectivity index (χ3v) is 4.37. The number of aryl methyl sites for hydroxylation is 2. The quantitative estimate of drug-likeness (QED) is 0.899. The minimum absolute atomic E-state index is 0.563. The second-order valence-corrected chi connectivity index (χ2v) is 6.32. The molecule has 0 saturated heterocycles. The van der Waals surface area contributed by atoms with Gasteiger partial charge in [0.05, 0.1) is 6.54 Å². The Morgan fingerprint density at radius 2 is 1.90 bits per heavy atom. The highest BCUT2D eigenvalue weighted by molar-refractivity contribution is 9.10. The zero-order valence-electron chi connectivity index (χ0n) is 12.4. The Morgan fingerprint density at radius 1 is 1.25 bits per heavy atom. The van der Waals surface area contributed by atoms with Crippen LogP contribution in [0.25, 0.3) is 0 Å². The number of benzene rings is 1. The number of hydrogen-bond acceptors (Lipinski definition) is 3. The summed E-state index contributed by atoms with van der Waals surface area (Å²) in [5.41, 5.74) is 3.58. The summed E-state index contributed by atoms with van der Waals surface area (Å²) < 4.78 is 3.14. The van der Waals surface area contributed by atoms with Crippen LogP contribution in [0.4, 0.5) is 5.69 Å². The SMILES string of the molecule is Cc1cc(NCc2ncnn2CC(C)C)cc(C)c1Br. The maximum absolute atomic E-state index is 4.33. The molecule has 1 aromatic heterocycles. The van der Waals surface area contributed by atoms with Crippen molar-refractivity contribution in [3.8, 4) is 0 Å². The molecule has 0 unspecified atom stereocenters. The van der Waals surface area contributed by atoms with Crippen molar-refractivity contribution in [3.63, 3.8) is 0 Å². The Hall–Kier alpha value is -1.36. The predicted molar refractivity (Wildman–Crippen MR) is 85.8 cm³/mol. The molecule has 2 aromatic rings. The molecule has 20 heavy (non-hydrogen) atoms. The van der Waals surface area contributed by atoms with Crippen molar-refractivity contribution in [2.75, 3.05) is 5.32 Å². The van der Waals surface area contributed by atoms with E-state index >= 15 is 0 Å². The van der Waals surface area contributed by atoms with Crippen molar-refractivity contribution >= 4 is 21.6 Å². The molecule has 1 aromatic carbocycles. The lowest BCUT2D eigenvalue weighted by Crippen LogP contribution is -2.13. The molecule has 5 heteroatoms. The molecule has 0 bridgehead atoms. The van der Waals surface area contributed by atoms with Crippen LogP contribution in [0, 0.1) is 19.8 Å². The van der Waals surface area contributed by atoms with Crippen LogP contribution in [0.15, 0.2) is 22.9 Å². The summed E-state index contributed by atoms with van der Waals surface area (Å²) in [4.78, 5) is 4.33. The molecule has 108 valence electrons. The van der Waals surface area contributed by atoms with Crippen LogP contribution >= 0.6 is 15.9 Å². The molecule has 4 nitrogen and oxygen atoms in total. The van der Waals surface area contributed by atoms with E-state index in [4.69, 9.17) is 0 Å². The van der Waals surface area contributed by atoms with Crippen LogP contribution in [-0.2, 0) is 13.1 Å².